The molecule has 2 N–H and O–H groups in total. The van der Waals surface area contributed by atoms with E-state index >= 15 is 0 Å². The van der Waals surface area contributed by atoms with Gasteiger partial charge >= 0.3 is 17.6 Å². The molecule has 0 saturated carbocycles. The van der Waals surface area contributed by atoms with Crippen molar-refractivity contribution < 1.29 is 18.7 Å². The van der Waals surface area contributed by atoms with Crippen LogP contribution in [0.4, 0.5) is 4.79 Å². The van der Waals surface area contributed by atoms with Crippen LogP contribution in [0, 0.1) is 6.92 Å². The van der Waals surface area contributed by atoms with Gasteiger partial charge in [-0.25, -0.2) is 9.59 Å². The second-order valence-electron chi connectivity index (χ2n) is 7.25. The fourth-order valence-electron chi connectivity index (χ4n) is 3.81. The van der Waals surface area contributed by atoms with E-state index in [0.29, 0.717) is 23.0 Å². The minimum atomic E-state index is -0.422. The minimum absolute atomic E-state index is 0.0784. The summed E-state index contributed by atoms with van der Waals surface area (Å²) in [7, 11) is 0. The lowest BCUT2D eigenvalue weighted by Gasteiger charge is -2.16. The van der Waals surface area contributed by atoms with Gasteiger partial charge in [0.1, 0.15) is 11.3 Å². The number of fused-ring (bicyclic) bond motifs is 2. The molecule has 28 heavy (non-hydrogen) atoms. The molecule has 148 valence electrons. The van der Waals surface area contributed by atoms with Gasteiger partial charge < -0.3 is 19.8 Å². The number of benzene rings is 1. The first-order valence-electron chi connectivity index (χ1n) is 9.43. The van der Waals surface area contributed by atoms with Crippen LogP contribution < -0.4 is 21.0 Å². The van der Waals surface area contributed by atoms with E-state index in [4.69, 9.17) is 9.15 Å². The van der Waals surface area contributed by atoms with Crippen LogP contribution >= 0.6 is 11.8 Å². The molecule has 7 nitrogen and oxygen atoms in total. The number of amides is 2. The van der Waals surface area contributed by atoms with Gasteiger partial charge in [0.2, 0.25) is 0 Å². The van der Waals surface area contributed by atoms with Crippen molar-refractivity contribution in [1.29, 1.82) is 0 Å². The Morgan fingerprint density at radius 2 is 2.11 bits per heavy atom. The second kappa shape index (κ2) is 7.87. The average molecular weight is 402 g/mol. The SMILES string of the molecule is Cc1cc(=O)oc2cc(OC(=O)CCCC[C@@H]3SC[C@@H]4NC(=O)N[C@@H]43)ccc12. The van der Waals surface area contributed by atoms with E-state index in [0.717, 1.165) is 36.0 Å². The molecule has 4 rings (SSSR count). The van der Waals surface area contributed by atoms with Gasteiger partial charge in [-0.15, -0.1) is 0 Å². The third-order valence-electron chi connectivity index (χ3n) is 5.21. The van der Waals surface area contributed by atoms with Crippen LogP contribution in [0.1, 0.15) is 31.2 Å². The van der Waals surface area contributed by atoms with Gasteiger partial charge in [-0.1, -0.05) is 6.42 Å². The number of aryl methyl sites for hydroxylation is 1. The first kappa shape index (κ1) is 18.9. The molecule has 2 fully saturated rings. The Hall–Kier alpha value is -2.48. The third kappa shape index (κ3) is 4.01. The second-order valence-corrected chi connectivity index (χ2v) is 8.52. The van der Waals surface area contributed by atoms with Crippen molar-refractivity contribution in [2.45, 2.75) is 49.9 Å². The summed E-state index contributed by atoms with van der Waals surface area (Å²) in [4.78, 5) is 35.0. The Balaban J connectivity index is 1.25. The maximum atomic E-state index is 12.1. The van der Waals surface area contributed by atoms with E-state index in [-0.39, 0.29) is 24.1 Å². The van der Waals surface area contributed by atoms with Crippen molar-refractivity contribution in [3.05, 3.63) is 40.2 Å². The van der Waals surface area contributed by atoms with Crippen LogP contribution in [-0.4, -0.2) is 35.1 Å². The smallest absolute Gasteiger partial charge is 0.336 e. The summed E-state index contributed by atoms with van der Waals surface area (Å²) in [6.07, 6.45) is 2.92. The van der Waals surface area contributed by atoms with E-state index in [2.05, 4.69) is 10.6 Å². The number of urea groups is 1. The lowest BCUT2D eigenvalue weighted by Crippen LogP contribution is -2.36. The molecule has 8 heteroatoms. The highest BCUT2D eigenvalue weighted by Crippen LogP contribution is 2.33. The highest BCUT2D eigenvalue weighted by Gasteiger charge is 2.42. The van der Waals surface area contributed by atoms with Gasteiger partial charge in [-0.2, -0.15) is 11.8 Å². The van der Waals surface area contributed by atoms with Crippen molar-refractivity contribution in [3.8, 4) is 5.75 Å². The van der Waals surface area contributed by atoms with Crippen LogP contribution in [0.5, 0.6) is 5.75 Å². The molecule has 1 aromatic carbocycles. The van der Waals surface area contributed by atoms with Crippen molar-refractivity contribution in [3.63, 3.8) is 0 Å². The van der Waals surface area contributed by atoms with E-state index < -0.39 is 5.63 Å². The zero-order valence-electron chi connectivity index (χ0n) is 15.5. The molecule has 2 aliphatic heterocycles. The lowest BCUT2D eigenvalue weighted by molar-refractivity contribution is -0.134. The van der Waals surface area contributed by atoms with Gasteiger partial charge in [0.05, 0.1) is 12.1 Å². The van der Waals surface area contributed by atoms with E-state index in [1.165, 1.54) is 6.07 Å². The lowest BCUT2D eigenvalue weighted by atomic mass is 10.0. The maximum absolute atomic E-state index is 12.1. The maximum Gasteiger partial charge on any atom is 0.336 e. The summed E-state index contributed by atoms with van der Waals surface area (Å²) >= 11 is 1.87. The molecule has 0 spiro atoms. The quantitative estimate of drug-likeness (QED) is 0.254. The molecule has 0 bridgehead atoms. The Morgan fingerprint density at radius 3 is 2.96 bits per heavy atom. The highest BCUT2D eigenvalue weighted by atomic mass is 32.2. The first-order valence-corrected chi connectivity index (χ1v) is 10.5. The van der Waals surface area contributed by atoms with Crippen molar-refractivity contribution in [2.24, 2.45) is 0 Å². The molecular weight excluding hydrogens is 380 g/mol. The number of nitrogens with one attached hydrogen (secondary N) is 2. The average Bonchev–Trinajstić information content (AvgIpc) is 3.17. The number of ether oxygens (including phenoxy) is 1. The Labute approximate surface area is 166 Å². The molecule has 2 aliphatic rings. The van der Waals surface area contributed by atoms with Crippen LogP contribution in [0.2, 0.25) is 0 Å². The summed E-state index contributed by atoms with van der Waals surface area (Å²) in [5.74, 6) is 1.01. The van der Waals surface area contributed by atoms with Gasteiger partial charge in [0.25, 0.3) is 0 Å². The standard InChI is InChI=1S/C20H22N2O5S/c1-11-8-18(24)27-15-9-12(6-7-13(11)15)26-17(23)5-3-2-4-16-19-14(10-28-16)21-20(25)22-19/h6-9,14,16,19H,2-5,10H2,1H3,(H2,21,22,25)/t14-,16-,19-/m0/s1. The van der Waals surface area contributed by atoms with Crippen molar-refractivity contribution >= 4 is 34.7 Å². The van der Waals surface area contributed by atoms with Crippen molar-refractivity contribution in [1.82, 2.24) is 10.6 Å². The van der Waals surface area contributed by atoms with Gasteiger partial charge in [-0.05, 0) is 37.5 Å². The molecular formula is C20H22N2O5S. The topological polar surface area (TPSA) is 97.6 Å². The number of hydrogen-bond donors (Lipinski definition) is 2. The van der Waals surface area contributed by atoms with Crippen LogP contribution in [0.25, 0.3) is 11.0 Å². The van der Waals surface area contributed by atoms with Gasteiger partial charge in [0.15, 0.2) is 0 Å². The summed E-state index contributed by atoms with van der Waals surface area (Å²) in [6.45, 7) is 1.84. The predicted octanol–water partition coefficient (Wildman–Crippen LogP) is 2.73. The molecule has 1 aromatic heterocycles. The number of carbonyl (C=O) groups is 2. The number of rotatable bonds is 6. The zero-order valence-corrected chi connectivity index (χ0v) is 16.3. The largest absolute Gasteiger partial charge is 0.426 e. The minimum Gasteiger partial charge on any atom is -0.426 e. The van der Waals surface area contributed by atoms with Crippen LogP contribution in [0.3, 0.4) is 0 Å². The van der Waals surface area contributed by atoms with Crippen LogP contribution in [-0.2, 0) is 4.79 Å². The molecule has 0 unspecified atom stereocenters. The summed E-state index contributed by atoms with van der Waals surface area (Å²) < 4.78 is 10.6. The molecule has 0 radical (unpaired) electrons. The number of thioether (sulfide) groups is 1. The third-order valence-corrected chi connectivity index (χ3v) is 6.72. The van der Waals surface area contributed by atoms with E-state index in [1.54, 1.807) is 18.2 Å². The van der Waals surface area contributed by atoms with Gasteiger partial charge in [-0.3, -0.25) is 4.79 Å². The molecule has 3 atom stereocenters. The van der Waals surface area contributed by atoms with E-state index in [1.807, 2.05) is 18.7 Å². The molecule has 2 amide bonds. The number of unbranched alkanes of at least 4 members (excludes halogenated alkanes) is 1. The fraction of sp³-hybridized carbons (Fsp3) is 0.450. The summed E-state index contributed by atoms with van der Waals surface area (Å²) in [5.41, 5.74) is 0.814. The fourth-order valence-corrected chi connectivity index (χ4v) is 5.35. The monoisotopic (exact) mass is 402 g/mol. The number of esters is 1. The number of carbonyl (C=O) groups excluding carboxylic acids is 2. The van der Waals surface area contributed by atoms with E-state index in [9.17, 15) is 14.4 Å². The summed E-state index contributed by atoms with van der Waals surface area (Å²) in [6, 6.07) is 6.85. The zero-order chi connectivity index (χ0) is 19.7. The molecule has 2 aromatic rings. The number of hydrogen-bond acceptors (Lipinski definition) is 6. The Bertz CT molecular complexity index is 973. The molecule has 3 heterocycles. The van der Waals surface area contributed by atoms with Crippen molar-refractivity contribution in [2.75, 3.05) is 5.75 Å². The first-order chi connectivity index (χ1) is 13.5. The predicted molar refractivity (Wildman–Crippen MR) is 107 cm³/mol. The Kier molecular flexibility index (Phi) is 5.30. The normalized spacial score (nSPS) is 23.3. The van der Waals surface area contributed by atoms with Crippen LogP contribution in [0.15, 0.2) is 33.5 Å². The summed E-state index contributed by atoms with van der Waals surface area (Å²) in [5, 5.41) is 7.12. The molecule has 0 aliphatic carbocycles. The highest BCUT2D eigenvalue weighted by molar-refractivity contribution is 8.00. The Morgan fingerprint density at radius 1 is 1.25 bits per heavy atom. The molecule has 2 saturated heterocycles. The van der Waals surface area contributed by atoms with Gasteiger partial charge in [0, 0.05) is 34.9 Å².